The molecule has 0 fully saturated rings. The lowest BCUT2D eigenvalue weighted by molar-refractivity contribution is 0.109. The Morgan fingerprint density at radius 2 is 1.72 bits per heavy atom. The normalized spacial score (nSPS) is 13.6. The van der Waals surface area contributed by atoms with E-state index in [1.54, 1.807) is 0 Å². The van der Waals surface area contributed by atoms with Gasteiger partial charge in [0, 0.05) is 24.6 Å². The topological polar surface area (TPSA) is 32.3 Å². The van der Waals surface area contributed by atoms with Crippen LogP contribution in [0.5, 0.6) is 0 Å². The van der Waals surface area contributed by atoms with E-state index in [1.165, 1.54) is 5.56 Å². The molecule has 2 N–H and O–H groups in total. The third kappa shape index (κ3) is 3.82. The average Bonchev–Trinajstić information content (AvgIpc) is 2.45. The number of aliphatic hydroxyl groups is 1. The third-order valence-corrected chi connectivity index (χ3v) is 4.17. The fourth-order valence-electron chi connectivity index (χ4n) is 2.30. The number of rotatable bonds is 8. The van der Waals surface area contributed by atoms with E-state index < -0.39 is 0 Å². The SMILES string of the molecule is CCC(NCC(CC)(CC)CO)c1ccccc1. The minimum Gasteiger partial charge on any atom is -0.396 e. The van der Waals surface area contributed by atoms with Gasteiger partial charge in [0.15, 0.2) is 0 Å². The van der Waals surface area contributed by atoms with Crippen molar-refractivity contribution in [2.75, 3.05) is 13.2 Å². The van der Waals surface area contributed by atoms with Crippen LogP contribution in [0.4, 0.5) is 0 Å². The standard InChI is InChI=1S/C16H27NO/c1-4-15(14-10-8-7-9-11-14)17-12-16(5-2,6-3)13-18/h7-11,15,17-18H,4-6,12-13H2,1-3H3. The summed E-state index contributed by atoms with van der Waals surface area (Å²) in [4.78, 5) is 0. The van der Waals surface area contributed by atoms with Crippen molar-refractivity contribution in [3.05, 3.63) is 35.9 Å². The second-order valence-electron chi connectivity index (χ2n) is 5.12. The molecule has 2 nitrogen and oxygen atoms in total. The van der Waals surface area contributed by atoms with E-state index in [-0.39, 0.29) is 12.0 Å². The van der Waals surface area contributed by atoms with Gasteiger partial charge >= 0.3 is 0 Å². The Bertz CT molecular complexity index is 311. The van der Waals surface area contributed by atoms with E-state index in [2.05, 4.69) is 50.4 Å². The van der Waals surface area contributed by atoms with Gasteiger partial charge < -0.3 is 10.4 Å². The average molecular weight is 249 g/mol. The number of hydrogen-bond donors (Lipinski definition) is 2. The largest absolute Gasteiger partial charge is 0.396 e. The molecule has 0 spiro atoms. The summed E-state index contributed by atoms with van der Waals surface area (Å²) in [6, 6.07) is 10.9. The Balaban J connectivity index is 2.65. The van der Waals surface area contributed by atoms with Crippen LogP contribution in [0.3, 0.4) is 0 Å². The van der Waals surface area contributed by atoms with E-state index in [9.17, 15) is 5.11 Å². The Kier molecular flexibility index (Phi) is 6.37. The van der Waals surface area contributed by atoms with E-state index >= 15 is 0 Å². The van der Waals surface area contributed by atoms with Crippen LogP contribution in [0.25, 0.3) is 0 Å². The van der Waals surface area contributed by atoms with Crippen LogP contribution in [0.15, 0.2) is 30.3 Å². The van der Waals surface area contributed by atoms with Crippen molar-refractivity contribution in [2.45, 2.75) is 46.1 Å². The summed E-state index contributed by atoms with van der Waals surface area (Å²) in [6.45, 7) is 7.65. The molecule has 1 unspecified atom stereocenters. The fraction of sp³-hybridized carbons (Fsp3) is 0.625. The van der Waals surface area contributed by atoms with E-state index in [0.717, 1.165) is 25.8 Å². The van der Waals surface area contributed by atoms with E-state index in [1.807, 2.05) is 6.07 Å². The van der Waals surface area contributed by atoms with Crippen LogP contribution in [0.2, 0.25) is 0 Å². The molecule has 0 aromatic heterocycles. The van der Waals surface area contributed by atoms with Crippen molar-refractivity contribution in [1.29, 1.82) is 0 Å². The summed E-state index contributed by atoms with van der Waals surface area (Å²) in [5.41, 5.74) is 1.36. The first kappa shape index (κ1) is 15.2. The summed E-state index contributed by atoms with van der Waals surface area (Å²) >= 11 is 0. The first-order chi connectivity index (χ1) is 8.71. The van der Waals surface area contributed by atoms with Crippen LogP contribution in [-0.2, 0) is 0 Å². The smallest absolute Gasteiger partial charge is 0.0499 e. The fourth-order valence-corrected chi connectivity index (χ4v) is 2.30. The Hall–Kier alpha value is -0.860. The van der Waals surface area contributed by atoms with Gasteiger partial charge in [-0.2, -0.15) is 0 Å². The molecular weight excluding hydrogens is 222 g/mol. The second kappa shape index (κ2) is 7.55. The lowest BCUT2D eigenvalue weighted by Gasteiger charge is -2.32. The van der Waals surface area contributed by atoms with Gasteiger partial charge in [0.2, 0.25) is 0 Å². The lowest BCUT2D eigenvalue weighted by atomic mass is 9.83. The van der Waals surface area contributed by atoms with Crippen molar-refractivity contribution < 1.29 is 5.11 Å². The van der Waals surface area contributed by atoms with Gasteiger partial charge in [-0.3, -0.25) is 0 Å². The molecule has 102 valence electrons. The molecule has 0 amide bonds. The molecule has 0 saturated heterocycles. The highest BCUT2D eigenvalue weighted by Crippen LogP contribution is 2.26. The number of aliphatic hydroxyl groups excluding tert-OH is 1. The molecule has 2 heteroatoms. The molecule has 0 radical (unpaired) electrons. The first-order valence-corrected chi connectivity index (χ1v) is 7.10. The van der Waals surface area contributed by atoms with Gasteiger partial charge in [-0.15, -0.1) is 0 Å². The molecule has 1 rings (SSSR count). The van der Waals surface area contributed by atoms with Crippen molar-refractivity contribution in [3.8, 4) is 0 Å². The zero-order valence-corrected chi connectivity index (χ0v) is 11.9. The van der Waals surface area contributed by atoms with Crippen LogP contribution >= 0.6 is 0 Å². The maximum absolute atomic E-state index is 9.59. The summed E-state index contributed by atoms with van der Waals surface area (Å²) in [5.74, 6) is 0. The van der Waals surface area contributed by atoms with Crippen LogP contribution in [-0.4, -0.2) is 18.3 Å². The Labute approximate surface area is 111 Å². The molecule has 1 aromatic rings. The lowest BCUT2D eigenvalue weighted by Crippen LogP contribution is -2.38. The quantitative estimate of drug-likeness (QED) is 0.739. The second-order valence-corrected chi connectivity index (χ2v) is 5.12. The number of hydrogen-bond acceptors (Lipinski definition) is 2. The van der Waals surface area contributed by atoms with Gasteiger partial charge in [0.05, 0.1) is 0 Å². The Morgan fingerprint density at radius 1 is 1.11 bits per heavy atom. The molecule has 0 aliphatic rings. The molecular formula is C16H27NO. The Morgan fingerprint density at radius 3 is 2.17 bits per heavy atom. The molecule has 1 aromatic carbocycles. The molecule has 0 aliphatic heterocycles. The van der Waals surface area contributed by atoms with Crippen molar-refractivity contribution in [1.82, 2.24) is 5.32 Å². The monoisotopic (exact) mass is 249 g/mol. The molecule has 0 bridgehead atoms. The molecule has 1 atom stereocenters. The maximum Gasteiger partial charge on any atom is 0.0499 e. The summed E-state index contributed by atoms with van der Waals surface area (Å²) in [7, 11) is 0. The predicted octanol–water partition coefficient (Wildman–Crippen LogP) is 3.53. The molecule has 0 heterocycles. The molecule has 0 saturated carbocycles. The van der Waals surface area contributed by atoms with E-state index in [0.29, 0.717) is 6.04 Å². The van der Waals surface area contributed by atoms with Crippen LogP contribution in [0.1, 0.15) is 51.6 Å². The van der Waals surface area contributed by atoms with Gasteiger partial charge in [-0.05, 0) is 24.8 Å². The predicted molar refractivity (Wildman–Crippen MR) is 77.6 cm³/mol. The highest BCUT2D eigenvalue weighted by Gasteiger charge is 2.25. The molecule has 18 heavy (non-hydrogen) atoms. The van der Waals surface area contributed by atoms with Crippen molar-refractivity contribution in [3.63, 3.8) is 0 Å². The van der Waals surface area contributed by atoms with Crippen molar-refractivity contribution in [2.24, 2.45) is 5.41 Å². The third-order valence-electron chi connectivity index (χ3n) is 4.17. The minimum atomic E-state index is 0.0300. The van der Waals surface area contributed by atoms with E-state index in [4.69, 9.17) is 0 Å². The number of benzene rings is 1. The summed E-state index contributed by atoms with van der Waals surface area (Å²) in [5, 5.41) is 13.2. The summed E-state index contributed by atoms with van der Waals surface area (Å²) < 4.78 is 0. The van der Waals surface area contributed by atoms with Gasteiger partial charge in [-0.1, -0.05) is 51.1 Å². The van der Waals surface area contributed by atoms with Gasteiger partial charge in [0.25, 0.3) is 0 Å². The zero-order valence-electron chi connectivity index (χ0n) is 11.9. The highest BCUT2D eigenvalue weighted by molar-refractivity contribution is 5.18. The van der Waals surface area contributed by atoms with Gasteiger partial charge in [-0.25, -0.2) is 0 Å². The van der Waals surface area contributed by atoms with Crippen molar-refractivity contribution >= 4 is 0 Å². The van der Waals surface area contributed by atoms with Crippen LogP contribution < -0.4 is 5.32 Å². The maximum atomic E-state index is 9.59. The zero-order chi connectivity index (χ0) is 13.4. The minimum absolute atomic E-state index is 0.0300. The van der Waals surface area contributed by atoms with Gasteiger partial charge in [0.1, 0.15) is 0 Å². The summed E-state index contributed by atoms with van der Waals surface area (Å²) in [6.07, 6.45) is 3.09. The van der Waals surface area contributed by atoms with Crippen LogP contribution in [0, 0.1) is 5.41 Å². The first-order valence-electron chi connectivity index (χ1n) is 7.10. The highest BCUT2D eigenvalue weighted by atomic mass is 16.3. The molecule has 0 aliphatic carbocycles. The number of nitrogens with one attached hydrogen (secondary N) is 1.